The molecule has 0 saturated heterocycles. The van der Waals surface area contributed by atoms with E-state index >= 15 is 0 Å². The van der Waals surface area contributed by atoms with Gasteiger partial charge in [0, 0.05) is 5.69 Å². The fourth-order valence-corrected chi connectivity index (χ4v) is 2.43. The summed E-state index contributed by atoms with van der Waals surface area (Å²) in [6.45, 7) is -3.02. The second-order valence-electron chi connectivity index (χ2n) is 5.47. The van der Waals surface area contributed by atoms with Gasteiger partial charge in [-0.25, -0.2) is 4.68 Å². The van der Waals surface area contributed by atoms with Crippen LogP contribution in [0.1, 0.15) is 5.89 Å². The van der Waals surface area contributed by atoms with Crippen LogP contribution in [0.5, 0.6) is 11.5 Å². The van der Waals surface area contributed by atoms with Gasteiger partial charge in [0.25, 0.3) is 10.7 Å². The van der Waals surface area contributed by atoms with Crippen molar-refractivity contribution in [2.24, 2.45) is 0 Å². The van der Waals surface area contributed by atoms with E-state index in [1.54, 1.807) is 12.1 Å². The third-order valence-electron chi connectivity index (χ3n) is 3.41. The molecule has 0 radical (unpaired) electrons. The molecule has 146 valence electrons. The summed E-state index contributed by atoms with van der Waals surface area (Å²) in [5, 5.41) is 6.71. The van der Waals surface area contributed by atoms with Crippen LogP contribution in [0.25, 0.3) is 0 Å². The molecule has 0 unspecified atom stereocenters. The summed E-state index contributed by atoms with van der Waals surface area (Å²) in [4.78, 5) is 12.2. The van der Waals surface area contributed by atoms with Crippen molar-refractivity contribution in [1.29, 1.82) is 0 Å². The Hall–Kier alpha value is -3.27. The molecule has 1 heterocycles. The average molecular weight is 407 g/mol. The number of hydrogen-bond acceptors (Lipinski definition) is 6. The van der Waals surface area contributed by atoms with Crippen LogP contribution < -0.4 is 14.8 Å². The Labute approximate surface area is 163 Å². The molecule has 1 aromatic heterocycles. The predicted octanol–water partition coefficient (Wildman–Crippen LogP) is 4.02. The molecular weight excluding hydrogens is 392 g/mol. The van der Waals surface area contributed by atoms with Crippen LogP contribution in [0, 0.1) is 4.84 Å². The largest absolute Gasteiger partial charge is 0.484 e. The van der Waals surface area contributed by atoms with E-state index in [-0.39, 0.29) is 29.6 Å². The number of hydrogen-bond donors (Lipinski definition) is 1. The van der Waals surface area contributed by atoms with Crippen molar-refractivity contribution >= 4 is 23.8 Å². The van der Waals surface area contributed by atoms with Crippen LogP contribution in [0.3, 0.4) is 0 Å². The summed E-state index contributed by atoms with van der Waals surface area (Å²) in [7, 11) is 0. The van der Waals surface area contributed by atoms with Crippen molar-refractivity contribution in [1.82, 2.24) is 9.78 Å². The normalized spacial score (nSPS) is 10.7. The highest BCUT2D eigenvalue weighted by Gasteiger charge is 2.11. The number of nitrogens with one attached hydrogen (secondary N) is 1. The number of amides is 1. The zero-order valence-corrected chi connectivity index (χ0v) is 15.2. The molecule has 0 saturated carbocycles. The molecule has 7 nitrogen and oxygen atoms in total. The number of para-hydroxylation sites is 1. The maximum absolute atomic E-state index is 12.1. The van der Waals surface area contributed by atoms with Gasteiger partial charge in [0.05, 0.1) is 0 Å². The summed E-state index contributed by atoms with van der Waals surface area (Å²) in [6.07, 6.45) is 0. The minimum atomic E-state index is -2.91. The van der Waals surface area contributed by atoms with Gasteiger partial charge in [0.2, 0.25) is 5.91 Å². The molecule has 0 bridgehead atoms. The quantitative estimate of drug-likeness (QED) is 0.568. The first-order valence-electron chi connectivity index (χ1n) is 8.09. The Morgan fingerprint density at radius 1 is 1.14 bits per heavy atom. The van der Waals surface area contributed by atoms with Crippen molar-refractivity contribution in [3.05, 3.63) is 65.3 Å². The standard InChI is InChI=1S/C18H15F2N3O4S/c19-17(20)26-14-8-6-12(7-9-14)21-15(24)10-23-18(28)27-16(22-23)11-25-13-4-2-1-3-5-13/h1-9,17H,10-11H2,(H,21,24). The number of ether oxygens (including phenoxy) is 2. The van der Waals surface area contributed by atoms with Gasteiger partial charge in [0.15, 0.2) is 6.61 Å². The first-order valence-corrected chi connectivity index (χ1v) is 8.50. The average Bonchev–Trinajstić information content (AvgIpc) is 3.01. The smallest absolute Gasteiger partial charge is 0.387 e. The molecule has 2 aromatic carbocycles. The lowest BCUT2D eigenvalue weighted by molar-refractivity contribution is -0.117. The molecule has 0 atom stereocenters. The molecule has 0 aliphatic rings. The third-order valence-corrected chi connectivity index (χ3v) is 3.70. The zero-order chi connectivity index (χ0) is 19.9. The summed E-state index contributed by atoms with van der Waals surface area (Å²) in [5.41, 5.74) is 0.411. The van der Waals surface area contributed by atoms with E-state index in [1.165, 1.54) is 28.9 Å². The van der Waals surface area contributed by atoms with E-state index in [1.807, 2.05) is 18.2 Å². The molecule has 1 amide bonds. The van der Waals surface area contributed by atoms with E-state index in [0.717, 1.165) is 0 Å². The van der Waals surface area contributed by atoms with Crippen LogP contribution in [-0.4, -0.2) is 22.3 Å². The third kappa shape index (κ3) is 5.61. The van der Waals surface area contributed by atoms with Crippen molar-refractivity contribution in [2.75, 3.05) is 5.32 Å². The van der Waals surface area contributed by atoms with Crippen LogP contribution in [-0.2, 0) is 17.9 Å². The highest BCUT2D eigenvalue weighted by Crippen LogP contribution is 2.18. The first kappa shape index (κ1) is 19.5. The van der Waals surface area contributed by atoms with Gasteiger partial charge < -0.3 is 19.2 Å². The van der Waals surface area contributed by atoms with Crippen LogP contribution >= 0.6 is 12.2 Å². The predicted molar refractivity (Wildman–Crippen MR) is 97.8 cm³/mol. The van der Waals surface area contributed by atoms with Crippen molar-refractivity contribution in [2.45, 2.75) is 19.8 Å². The zero-order valence-electron chi connectivity index (χ0n) is 14.4. The Morgan fingerprint density at radius 3 is 2.54 bits per heavy atom. The second-order valence-corrected chi connectivity index (χ2v) is 5.82. The van der Waals surface area contributed by atoms with Gasteiger partial charge in [-0.15, -0.1) is 5.10 Å². The van der Waals surface area contributed by atoms with Crippen molar-refractivity contribution in [3.63, 3.8) is 0 Å². The fourth-order valence-electron chi connectivity index (χ4n) is 2.23. The van der Waals surface area contributed by atoms with E-state index < -0.39 is 12.5 Å². The lowest BCUT2D eigenvalue weighted by Crippen LogP contribution is -2.19. The molecule has 10 heteroatoms. The van der Waals surface area contributed by atoms with Crippen LogP contribution in [0.2, 0.25) is 0 Å². The lowest BCUT2D eigenvalue weighted by atomic mass is 10.3. The van der Waals surface area contributed by atoms with Crippen LogP contribution in [0.4, 0.5) is 14.5 Å². The number of carbonyl (C=O) groups excluding carboxylic acids is 1. The lowest BCUT2D eigenvalue weighted by Gasteiger charge is -2.07. The molecule has 0 spiro atoms. The van der Waals surface area contributed by atoms with Gasteiger partial charge in [-0.2, -0.15) is 8.78 Å². The van der Waals surface area contributed by atoms with Gasteiger partial charge in [-0.05, 0) is 48.6 Å². The Kier molecular flexibility index (Phi) is 6.33. The Bertz CT molecular complexity index is 975. The molecule has 0 aliphatic carbocycles. The molecule has 0 fully saturated rings. The summed E-state index contributed by atoms with van der Waals surface area (Å²) in [5.74, 6) is 0.461. The number of aromatic nitrogens is 2. The highest BCUT2D eigenvalue weighted by atomic mass is 32.1. The van der Waals surface area contributed by atoms with Gasteiger partial charge in [-0.3, -0.25) is 4.79 Å². The summed E-state index contributed by atoms with van der Waals surface area (Å²) in [6, 6.07) is 14.6. The SMILES string of the molecule is O=C(Cn1nc(COc2ccccc2)oc1=S)Nc1ccc(OC(F)F)cc1. The number of alkyl halides is 2. The second kappa shape index (κ2) is 9.09. The van der Waals surface area contributed by atoms with E-state index in [4.69, 9.17) is 21.4 Å². The topological polar surface area (TPSA) is 78.5 Å². The minimum absolute atomic E-state index is 0.00484. The van der Waals surface area contributed by atoms with E-state index in [2.05, 4.69) is 15.2 Å². The monoisotopic (exact) mass is 407 g/mol. The molecule has 0 aliphatic heterocycles. The van der Waals surface area contributed by atoms with E-state index in [9.17, 15) is 13.6 Å². The maximum atomic E-state index is 12.1. The molecule has 3 aromatic rings. The first-order chi connectivity index (χ1) is 13.5. The number of carbonyl (C=O) groups is 1. The Morgan fingerprint density at radius 2 is 1.86 bits per heavy atom. The van der Waals surface area contributed by atoms with Gasteiger partial charge in [-0.1, -0.05) is 18.2 Å². The minimum Gasteiger partial charge on any atom is -0.484 e. The number of nitrogens with zero attached hydrogens (tertiary/aromatic N) is 2. The number of rotatable bonds is 8. The maximum Gasteiger partial charge on any atom is 0.387 e. The Balaban J connectivity index is 1.55. The number of halogens is 2. The van der Waals surface area contributed by atoms with Crippen molar-refractivity contribution < 1.29 is 27.5 Å². The summed E-state index contributed by atoms with van der Waals surface area (Å²) >= 11 is 5.05. The molecular formula is C18H15F2N3O4S. The number of anilines is 1. The summed E-state index contributed by atoms with van der Waals surface area (Å²) < 4.78 is 40.6. The van der Waals surface area contributed by atoms with Crippen LogP contribution in [0.15, 0.2) is 59.0 Å². The van der Waals surface area contributed by atoms with Crippen molar-refractivity contribution in [3.8, 4) is 11.5 Å². The van der Waals surface area contributed by atoms with E-state index in [0.29, 0.717) is 11.4 Å². The van der Waals surface area contributed by atoms with Gasteiger partial charge in [0.1, 0.15) is 18.0 Å². The fraction of sp³-hybridized carbons (Fsp3) is 0.167. The number of benzene rings is 2. The molecule has 3 rings (SSSR count). The molecule has 28 heavy (non-hydrogen) atoms. The highest BCUT2D eigenvalue weighted by molar-refractivity contribution is 7.71. The van der Waals surface area contributed by atoms with Gasteiger partial charge >= 0.3 is 6.61 Å². The molecule has 1 N–H and O–H groups in total.